The monoisotopic (exact) mass is 376 g/mol. The molecule has 0 radical (unpaired) electrons. The van der Waals surface area contributed by atoms with Crippen LogP contribution in [0.15, 0.2) is 54.6 Å². The van der Waals surface area contributed by atoms with Crippen LogP contribution in [0, 0.1) is 5.92 Å². The van der Waals surface area contributed by atoms with Crippen molar-refractivity contribution in [3.63, 3.8) is 0 Å². The van der Waals surface area contributed by atoms with E-state index in [0.717, 1.165) is 17.5 Å². The summed E-state index contributed by atoms with van der Waals surface area (Å²) in [6.45, 7) is 4.85. The highest BCUT2D eigenvalue weighted by molar-refractivity contribution is 5.85. The van der Waals surface area contributed by atoms with Crippen LogP contribution in [0.5, 0.6) is 5.75 Å². The number of carbonyl (C=O) groups is 1. The number of likely N-dealkylation sites (N-methyl/N-ethyl adjacent to an activating group) is 1. The molecule has 0 aliphatic carbocycles. The Hall–Kier alpha value is -2.04. The topological polar surface area (TPSA) is 55.6 Å². The van der Waals surface area contributed by atoms with Gasteiger partial charge in [-0.05, 0) is 24.0 Å². The molecule has 1 unspecified atom stereocenters. The van der Waals surface area contributed by atoms with Crippen molar-refractivity contribution in [2.45, 2.75) is 26.3 Å². The second-order valence-electron chi connectivity index (χ2n) is 6.66. The molecule has 0 bridgehead atoms. The van der Waals surface area contributed by atoms with Gasteiger partial charge in [0.2, 0.25) is 0 Å². The highest BCUT2D eigenvalue weighted by Crippen LogP contribution is 2.29. The molecule has 2 aromatic carbocycles. The quantitative estimate of drug-likeness (QED) is 0.757. The van der Waals surface area contributed by atoms with Crippen LogP contribution >= 0.6 is 12.4 Å². The highest BCUT2D eigenvalue weighted by atomic mass is 35.5. The summed E-state index contributed by atoms with van der Waals surface area (Å²) < 4.78 is 5.81. The fourth-order valence-electron chi connectivity index (χ4n) is 2.50. The lowest BCUT2D eigenvalue weighted by atomic mass is 10.0. The van der Waals surface area contributed by atoms with E-state index in [1.165, 1.54) is 0 Å². The van der Waals surface area contributed by atoms with Crippen LogP contribution in [-0.4, -0.2) is 37.0 Å². The Labute approximate surface area is 162 Å². The van der Waals surface area contributed by atoms with E-state index in [9.17, 15) is 4.79 Å². The molecule has 4 nitrogen and oxygen atoms in total. The molecule has 0 aliphatic rings. The number of hydrogen-bond acceptors (Lipinski definition) is 3. The van der Waals surface area contributed by atoms with Crippen LogP contribution in [0.2, 0.25) is 0 Å². The van der Waals surface area contributed by atoms with Crippen LogP contribution in [0.1, 0.15) is 20.3 Å². The average Bonchev–Trinajstić information content (AvgIpc) is 2.64. The second kappa shape index (κ2) is 10.8. The number of hydrogen-bond donors (Lipinski definition) is 1. The number of ether oxygens (including phenoxy) is 1. The normalized spacial score (nSPS) is 11.6. The lowest BCUT2D eigenvalue weighted by Gasteiger charge is -2.22. The average molecular weight is 377 g/mol. The summed E-state index contributed by atoms with van der Waals surface area (Å²) >= 11 is 0. The maximum absolute atomic E-state index is 12.3. The van der Waals surface area contributed by atoms with Gasteiger partial charge in [-0.25, -0.2) is 0 Å². The van der Waals surface area contributed by atoms with Gasteiger partial charge < -0.3 is 15.4 Å². The van der Waals surface area contributed by atoms with E-state index in [-0.39, 0.29) is 31.0 Å². The molecule has 2 aromatic rings. The first-order valence-electron chi connectivity index (χ1n) is 8.76. The van der Waals surface area contributed by atoms with E-state index in [2.05, 4.69) is 13.8 Å². The Balaban J connectivity index is 0.00000338. The van der Waals surface area contributed by atoms with Crippen molar-refractivity contribution in [2.75, 3.05) is 20.2 Å². The van der Waals surface area contributed by atoms with Crippen molar-refractivity contribution in [3.05, 3.63) is 54.6 Å². The van der Waals surface area contributed by atoms with Crippen molar-refractivity contribution >= 4 is 18.3 Å². The van der Waals surface area contributed by atoms with E-state index < -0.39 is 0 Å². The van der Waals surface area contributed by atoms with E-state index in [1.807, 2.05) is 54.6 Å². The Morgan fingerprint density at radius 3 is 2.35 bits per heavy atom. The number of carbonyl (C=O) groups excluding carboxylic acids is 1. The summed E-state index contributed by atoms with van der Waals surface area (Å²) in [4.78, 5) is 14.0. The molecule has 2 rings (SSSR count). The van der Waals surface area contributed by atoms with Gasteiger partial charge in [0.15, 0.2) is 6.61 Å². The van der Waals surface area contributed by atoms with Gasteiger partial charge >= 0.3 is 0 Å². The van der Waals surface area contributed by atoms with E-state index in [1.54, 1.807) is 11.9 Å². The minimum absolute atomic E-state index is 0. The third-order valence-electron chi connectivity index (χ3n) is 4.40. The maximum Gasteiger partial charge on any atom is 0.260 e. The Bertz CT molecular complexity index is 677. The Morgan fingerprint density at radius 1 is 1.08 bits per heavy atom. The van der Waals surface area contributed by atoms with E-state index in [4.69, 9.17) is 10.5 Å². The third kappa shape index (κ3) is 6.36. The van der Waals surface area contributed by atoms with Gasteiger partial charge in [0, 0.05) is 25.2 Å². The number of halogens is 1. The smallest absolute Gasteiger partial charge is 0.260 e. The van der Waals surface area contributed by atoms with Crippen molar-refractivity contribution in [2.24, 2.45) is 11.7 Å². The van der Waals surface area contributed by atoms with Gasteiger partial charge in [-0.2, -0.15) is 0 Å². The molecule has 2 N–H and O–H groups in total. The molecule has 1 atom stereocenters. The van der Waals surface area contributed by atoms with Gasteiger partial charge in [-0.15, -0.1) is 12.4 Å². The summed E-state index contributed by atoms with van der Waals surface area (Å²) in [6, 6.07) is 17.9. The third-order valence-corrected chi connectivity index (χ3v) is 4.40. The minimum atomic E-state index is -0.0428. The standard InChI is InChI=1S/C21H28N2O2.ClH/c1-16(2)19(22)13-14-23(3)21(24)15-25-20-12-8-7-11-18(20)17-9-5-4-6-10-17;/h4-12,16,19H,13-15,22H2,1-3H3;1H. The van der Waals surface area contributed by atoms with Gasteiger partial charge in [-0.1, -0.05) is 62.4 Å². The molecule has 0 aromatic heterocycles. The summed E-state index contributed by atoms with van der Waals surface area (Å²) in [5.74, 6) is 1.09. The fourth-order valence-corrected chi connectivity index (χ4v) is 2.50. The van der Waals surface area contributed by atoms with Gasteiger partial charge in [-0.3, -0.25) is 4.79 Å². The van der Waals surface area contributed by atoms with Crippen molar-refractivity contribution < 1.29 is 9.53 Å². The first-order chi connectivity index (χ1) is 12.0. The molecule has 0 saturated heterocycles. The van der Waals surface area contributed by atoms with E-state index in [0.29, 0.717) is 18.2 Å². The minimum Gasteiger partial charge on any atom is -0.483 e. The second-order valence-corrected chi connectivity index (χ2v) is 6.66. The highest BCUT2D eigenvalue weighted by Gasteiger charge is 2.14. The zero-order chi connectivity index (χ0) is 18.2. The zero-order valence-corrected chi connectivity index (χ0v) is 16.5. The van der Waals surface area contributed by atoms with Crippen LogP contribution in [-0.2, 0) is 4.79 Å². The Morgan fingerprint density at radius 2 is 1.69 bits per heavy atom. The number of amides is 1. The molecule has 5 heteroatoms. The molecular weight excluding hydrogens is 348 g/mol. The van der Waals surface area contributed by atoms with E-state index >= 15 is 0 Å². The summed E-state index contributed by atoms with van der Waals surface area (Å²) in [7, 11) is 1.79. The van der Waals surface area contributed by atoms with Crippen molar-refractivity contribution in [1.29, 1.82) is 0 Å². The molecule has 0 heterocycles. The lowest BCUT2D eigenvalue weighted by molar-refractivity contribution is -0.132. The predicted octanol–water partition coefficient (Wildman–Crippen LogP) is 3.99. The number of nitrogens with zero attached hydrogens (tertiary/aromatic N) is 1. The van der Waals surface area contributed by atoms with Crippen LogP contribution in [0.3, 0.4) is 0 Å². The molecule has 1 amide bonds. The molecule has 0 spiro atoms. The summed E-state index contributed by atoms with van der Waals surface area (Å²) in [5.41, 5.74) is 8.10. The van der Waals surface area contributed by atoms with Crippen molar-refractivity contribution in [1.82, 2.24) is 4.90 Å². The molecular formula is C21H29ClN2O2. The van der Waals surface area contributed by atoms with Crippen LogP contribution in [0.25, 0.3) is 11.1 Å². The maximum atomic E-state index is 12.3. The van der Waals surface area contributed by atoms with Gasteiger partial charge in [0.25, 0.3) is 5.91 Å². The lowest BCUT2D eigenvalue weighted by Crippen LogP contribution is -2.36. The zero-order valence-electron chi connectivity index (χ0n) is 15.7. The molecule has 0 fully saturated rings. The number of benzene rings is 2. The number of rotatable bonds is 8. The van der Waals surface area contributed by atoms with Crippen LogP contribution < -0.4 is 10.5 Å². The van der Waals surface area contributed by atoms with Crippen molar-refractivity contribution in [3.8, 4) is 16.9 Å². The van der Waals surface area contributed by atoms with Gasteiger partial charge in [0.1, 0.15) is 5.75 Å². The van der Waals surface area contributed by atoms with Crippen LogP contribution in [0.4, 0.5) is 0 Å². The predicted molar refractivity (Wildman–Crippen MR) is 110 cm³/mol. The summed E-state index contributed by atoms with van der Waals surface area (Å²) in [6.07, 6.45) is 0.792. The molecule has 0 saturated carbocycles. The SMILES string of the molecule is CC(C)C(N)CCN(C)C(=O)COc1ccccc1-c1ccccc1.Cl. The molecule has 26 heavy (non-hydrogen) atoms. The molecule has 142 valence electrons. The Kier molecular flexibility index (Phi) is 9.17. The number of nitrogens with two attached hydrogens (primary N) is 1. The number of para-hydroxylation sites is 1. The first kappa shape index (κ1) is 22.0. The van der Waals surface area contributed by atoms with Gasteiger partial charge in [0.05, 0.1) is 0 Å². The summed E-state index contributed by atoms with van der Waals surface area (Å²) in [5, 5.41) is 0. The first-order valence-corrected chi connectivity index (χ1v) is 8.76. The largest absolute Gasteiger partial charge is 0.483 e. The fraction of sp³-hybridized carbons (Fsp3) is 0.381. The molecule has 0 aliphatic heterocycles.